The minimum absolute atomic E-state index is 0.0297. The zero-order chi connectivity index (χ0) is 18.6. The molecule has 25 heavy (non-hydrogen) atoms. The van der Waals surface area contributed by atoms with Crippen molar-refractivity contribution in [3.8, 4) is 0 Å². The number of carboxylic acid groups (broad SMARTS) is 1. The van der Waals surface area contributed by atoms with Crippen molar-refractivity contribution in [2.45, 2.75) is 17.6 Å². The molecule has 0 atom stereocenters. The summed E-state index contributed by atoms with van der Waals surface area (Å²) in [6, 6.07) is 5.66. The van der Waals surface area contributed by atoms with Crippen LogP contribution in [0.15, 0.2) is 35.2 Å². The third kappa shape index (κ3) is 4.75. The Hall–Kier alpha value is -2.49. The molecule has 132 valence electrons. The Morgan fingerprint density at radius 3 is 2.52 bits per heavy atom. The first kappa shape index (κ1) is 18.8. The number of benzene rings is 1. The first-order chi connectivity index (χ1) is 11.7. The SMILES string of the molecule is C[Se]c1cc(C)nc(NC(=O)NS(=O)(=O)c2ccccc2C(=O)O)n1. The summed E-state index contributed by atoms with van der Waals surface area (Å²) in [6.07, 6.45) is 0. The Balaban J connectivity index is 2.23. The van der Waals surface area contributed by atoms with E-state index in [1.165, 1.54) is 12.1 Å². The molecule has 11 heteroatoms. The Labute approximate surface area is 150 Å². The number of carbonyl (C=O) groups is 2. The Morgan fingerprint density at radius 2 is 1.88 bits per heavy atom. The van der Waals surface area contributed by atoms with Crippen LogP contribution in [0.25, 0.3) is 0 Å². The fraction of sp³-hybridized carbons (Fsp3) is 0.143. The summed E-state index contributed by atoms with van der Waals surface area (Å²) in [5.74, 6) is 0.488. The Morgan fingerprint density at radius 1 is 1.20 bits per heavy atom. The van der Waals surface area contributed by atoms with Gasteiger partial charge in [0.05, 0.1) is 0 Å². The first-order valence-corrected chi connectivity index (χ1v) is 10.8. The second kappa shape index (κ2) is 7.60. The summed E-state index contributed by atoms with van der Waals surface area (Å²) in [4.78, 5) is 30.7. The standard InChI is InChI=1S/C14H14N4O5SSe/c1-8-7-11(25-2)16-13(15-8)17-14(21)18-24(22,23)10-6-4-3-5-9(10)12(19)20/h3-7H,1-2H3,(H,19,20)(H2,15,16,17,18,21). The number of amides is 2. The van der Waals surface area contributed by atoms with E-state index in [1.807, 2.05) is 5.82 Å². The average molecular weight is 429 g/mol. The van der Waals surface area contributed by atoms with Gasteiger partial charge in [0.25, 0.3) is 0 Å². The molecular weight excluding hydrogens is 415 g/mol. The number of aromatic carboxylic acids is 1. The fourth-order valence-corrected chi connectivity index (χ4v) is 3.97. The molecule has 0 aliphatic carbocycles. The van der Waals surface area contributed by atoms with Gasteiger partial charge in [0.2, 0.25) is 0 Å². The molecule has 1 aromatic heterocycles. The van der Waals surface area contributed by atoms with Crippen LogP contribution in [0.2, 0.25) is 5.82 Å². The second-order valence-corrected chi connectivity index (χ2v) is 8.12. The van der Waals surface area contributed by atoms with Gasteiger partial charge in [-0.1, -0.05) is 0 Å². The molecule has 0 saturated heterocycles. The number of hydrogen-bond donors (Lipinski definition) is 3. The molecule has 0 aliphatic rings. The van der Waals surface area contributed by atoms with Crippen molar-refractivity contribution < 1.29 is 23.1 Å². The van der Waals surface area contributed by atoms with Crippen molar-refractivity contribution in [2.24, 2.45) is 0 Å². The zero-order valence-corrected chi connectivity index (χ0v) is 15.7. The normalized spacial score (nSPS) is 11.0. The summed E-state index contributed by atoms with van der Waals surface area (Å²) < 4.78 is 27.1. The van der Waals surface area contributed by atoms with Crippen molar-refractivity contribution in [1.82, 2.24) is 14.7 Å². The summed E-state index contributed by atoms with van der Waals surface area (Å²) >= 11 is 0.0765. The van der Waals surface area contributed by atoms with Crippen LogP contribution in [0, 0.1) is 6.92 Å². The Kier molecular flexibility index (Phi) is 5.73. The van der Waals surface area contributed by atoms with Crippen molar-refractivity contribution in [3.05, 3.63) is 41.6 Å². The minimum atomic E-state index is -4.38. The number of aryl methyl sites for hydroxylation is 1. The summed E-state index contributed by atoms with van der Waals surface area (Å²) in [6.45, 7) is 1.72. The summed E-state index contributed by atoms with van der Waals surface area (Å²) in [5.41, 5.74) is 0.189. The molecule has 0 saturated carbocycles. The number of hydrogen-bond acceptors (Lipinski definition) is 6. The van der Waals surface area contributed by atoms with Gasteiger partial charge in [-0.05, 0) is 0 Å². The number of aromatic nitrogens is 2. The van der Waals surface area contributed by atoms with Crippen LogP contribution >= 0.6 is 0 Å². The number of rotatable bonds is 5. The van der Waals surface area contributed by atoms with Crippen LogP contribution in [0.4, 0.5) is 10.7 Å². The van der Waals surface area contributed by atoms with E-state index in [1.54, 1.807) is 17.7 Å². The van der Waals surface area contributed by atoms with Gasteiger partial charge < -0.3 is 0 Å². The van der Waals surface area contributed by atoms with Crippen molar-refractivity contribution in [3.63, 3.8) is 0 Å². The maximum atomic E-state index is 12.3. The number of nitrogens with zero attached hydrogens (tertiary/aromatic N) is 2. The Bertz CT molecular complexity index is 933. The van der Waals surface area contributed by atoms with Gasteiger partial charge in [0.15, 0.2) is 0 Å². The number of urea groups is 1. The molecule has 0 aliphatic heterocycles. The third-order valence-corrected chi connectivity index (χ3v) is 5.60. The van der Waals surface area contributed by atoms with Gasteiger partial charge in [-0.25, -0.2) is 0 Å². The zero-order valence-electron chi connectivity index (χ0n) is 13.2. The van der Waals surface area contributed by atoms with Gasteiger partial charge in [-0.3, -0.25) is 0 Å². The van der Waals surface area contributed by atoms with Crippen LogP contribution < -0.4 is 14.6 Å². The fourth-order valence-electron chi connectivity index (χ4n) is 1.88. The molecule has 1 aromatic carbocycles. The van der Waals surface area contributed by atoms with Crippen LogP contribution in [0.5, 0.6) is 0 Å². The second-order valence-electron chi connectivity index (χ2n) is 4.74. The summed E-state index contributed by atoms with van der Waals surface area (Å²) in [7, 11) is -4.38. The third-order valence-electron chi connectivity index (χ3n) is 2.90. The van der Waals surface area contributed by atoms with Crippen molar-refractivity contribution in [2.75, 3.05) is 5.32 Å². The van der Waals surface area contributed by atoms with Gasteiger partial charge in [0, 0.05) is 0 Å². The number of carboxylic acids is 1. The van der Waals surface area contributed by atoms with Crippen molar-refractivity contribution >= 4 is 47.5 Å². The van der Waals surface area contributed by atoms with Crippen LogP contribution in [-0.2, 0) is 10.0 Å². The molecule has 0 bridgehead atoms. The van der Waals surface area contributed by atoms with Crippen LogP contribution in [-0.4, -0.2) is 50.4 Å². The molecule has 0 fully saturated rings. The van der Waals surface area contributed by atoms with E-state index in [-0.39, 0.29) is 20.9 Å². The van der Waals surface area contributed by atoms with Crippen LogP contribution in [0.1, 0.15) is 16.1 Å². The van der Waals surface area contributed by atoms with Gasteiger partial charge in [-0.2, -0.15) is 0 Å². The molecule has 0 spiro atoms. The number of carbonyl (C=O) groups excluding carboxylic acids is 1. The van der Waals surface area contributed by atoms with E-state index < -0.39 is 32.5 Å². The predicted octanol–water partition coefficient (Wildman–Crippen LogP) is 0.371. The van der Waals surface area contributed by atoms with E-state index in [0.717, 1.165) is 16.7 Å². The van der Waals surface area contributed by atoms with E-state index >= 15 is 0 Å². The molecular formula is C14H14N4O5SSe. The van der Waals surface area contributed by atoms with Gasteiger partial charge in [-0.15, -0.1) is 0 Å². The van der Waals surface area contributed by atoms with E-state index in [9.17, 15) is 18.0 Å². The van der Waals surface area contributed by atoms with E-state index in [4.69, 9.17) is 5.11 Å². The van der Waals surface area contributed by atoms with Gasteiger partial charge >= 0.3 is 150 Å². The first-order valence-electron chi connectivity index (χ1n) is 6.78. The van der Waals surface area contributed by atoms with Crippen molar-refractivity contribution in [1.29, 1.82) is 0 Å². The number of sulfonamides is 1. The molecule has 2 rings (SSSR count). The molecule has 9 nitrogen and oxygen atoms in total. The topological polar surface area (TPSA) is 138 Å². The predicted molar refractivity (Wildman–Crippen MR) is 90.8 cm³/mol. The monoisotopic (exact) mass is 430 g/mol. The van der Waals surface area contributed by atoms with E-state index in [0.29, 0.717) is 5.69 Å². The number of nitrogens with one attached hydrogen (secondary N) is 2. The van der Waals surface area contributed by atoms with E-state index in [2.05, 4.69) is 15.3 Å². The van der Waals surface area contributed by atoms with Gasteiger partial charge in [0.1, 0.15) is 0 Å². The quantitative estimate of drug-likeness (QED) is 0.584. The maximum absolute atomic E-state index is 12.3. The molecule has 1 heterocycles. The van der Waals surface area contributed by atoms with Crippen LogP contribution in [0.3, 0.4) is 0 Å². The molecule has 2 aromatic rings. The molecule has 0 radical (unpaired) electrons. The molecule has 3 N–H and O–H groups in total. The molecule has 2 amide bonds. The average Bonchev–Trinajstić information content (AvgIpc) is 2.53. The summed E-state index contributed by atoms with van der Waals surface area (Å²) in [5, 5.41) is 11.3. The number of anilines is 1. The molecule has 0 unspecified atom stereocenters.